The van der Waals surface area contributed by atoms with Crippen LogP contribution in [0.2, 0.25) is 0 Å². The van der Waals surface area contributed by atoms with Crippen LogP contribution in [0.15, 0.2) is 70.6 Å². The average Bonchev–Trinajstić information content (AvgIpc) is 2.73. The largest absolute Gasteiger partial charge is 0.297 e. The second kappa shape index (κ2) is 8.60. The zero-order valence-electron chi connectivity index (χ0n) is 15.9. The lowest BCUT2D eigenvalue weighted by molar-refractivity contribution is 0.175. The monoisotopic (exact) mass is 416 g/mol. The van der Waals surface area contributed by atoms with Gasteiger partial charge in [-0.25, -0.2) is 8.42 Å². The molecule has 1 aromatic heterocycles. The highest BCUT2D eigenvalue weighted by molar-refractivity contribution is 7.91. The van der Waals surface area contributed by atoms with Crippen LogP contribution in [-0.2, 0) is 9.84 Å². The Morgan fingerprint density at radius 2 is 1.64 bits per heavy atom. The summed E-state index contributed by atoms with van der Waals surface area (Å²) in [4.78, 5) is 7.61. The summed E-state index contributed by atoms with van der Waals surface area (Å²) in [6.45, 7) is 4.44. The molecule has 0 radical (unpaired) electrons. The fourth-order valence-corrected chi connectivity index (χ4v) is 5.15. The number of fused-ring (bicyclic) bond motifs is 1. The van der Waals surface area contributed by atoms with Crippen molar-refractivity contribution in [2.24, 2.45) is 0 Å². The van der Waals surface area contributed by atoms with Crippen LogP contribution < -0.4 is 0 Å². The van der Waals surface area contributed by atoms with Gasteiger partial charge in [-0.05, 0) is 56.6 Å². The molecule has 0 spiro atoms. The summed E-state index contributed by atoms with van der Waals surface area (Å²) in [5, 5.41) is 0.869. The third-order valence-corrected chi connectivity index (χ3v) is 7.21. The molecule has 6 heteroatoms. The Hall–Kier alpha value is -1.95. The van der Waals surface area contributed by atoms with Gasteiger partial charge >= 0.3 is 0 Å². The van der Waals surface area contributed by atoms with E-state index in [1.807, 2.05) is 18.2 Å². The van der Waals surface area contributed by atoms with Gasteiger partial charge < -0.3 is 0 Å². The number of benzene rings is 2. The molecule has 4 nitrogen and oxygen atoms in total. The van der Waals surface area contributed by atoms with Crippen molar-refractivity contribution in [3.8, 4) is 0 Å². The second-order valence-electron chi connectivity index (χ2n) is 7.18. The molecule has 1 aliphatic rings. The van der Waals surface area contributed by atoms with Crippen LogP contribution in [0, 0.1) is 0 Å². The fraction of sp³-hybridized carbons (Fsp3) is 0.318. The predicted molar refractivity (Wildman–Crippen MR) is 115 cm³/mol. The van der Waals surface area contributed by atoms with E-state index in [1.165, 1.54) is 25.5 Å². The van der Waals surface area contributed by atoms with Crippen LogP contribution in [-0.4, -0.2) is 31.4 Å². The number of nitrogens with zero attached hydrogens (tertiary/aromatic N) is 2. The first-order valence-electron chi connectivity index (χ1n) is 9.50. The van der Waals surface area contributed by atoms with E-state index in [2.05, 4.69) is 22.9 Å². The number of halogens is 1. The number of piperidine rings is 1. The molecule has 0 N–H and O–H groups in total. The zero-order chi connectivity index (χ0) is 18.9. The first-order chi connectivity index (χ1) is 13.1. The predicted octanol–water partition coefficient (Wildman–Crippen LogP) is 5.04. The van der Waals surface area contributed by atoms with Gasteiger partial charge in [0.2, 0.25) is 9.84 Å². The van der Waals surface area contributed by atoms with E-state index >= 15 is 0 Å². The minimum absolute atomic E-state index is 0. The van der Waals surface area contributed by atoms with Crippen molar-refractivity contribution < 1.29 is 8.42 Å². The van der Waals surface area contributed by atoms with Crippen molar-refractivity contribution in [2.75, 3.05) is 13.1 Å². The van der Waals surface area contributed by atoms with Crippen LogP contribution in [0.3, 0.4) is 0 Å². The molecule has 0 aliphatic carbocycles. The van der Waals surface area contributed by atoms with Crippen LogP contribution >= 0.6 is 12.4 Å². The van der Waals surface area contributed by atoms with Crippen molar-refractivity contribution in [3.05, 3.63) is 66.4 Å². The minimum Gasteiger partial charge on any atom is -0.297 e. The molecule has 3 aromatic rings. The summed E-state index contributed by atoms with van der Waals surface area (Å²) in [5.41, 5.74) is 2.06. The minimum atomic E-state index is -3.56. The lowest BCUT2D eigenvalue weighted by Gasteiger charge is -2.32. The number of sulfone groups is 1. The summed E-state index contributed by atoms with van der Waals surface area (Å²) < 4.78 is 25.8. The molecule has 2 heterocycles. The Balaban J connectivity index is 0.00000225. The molecule has 1 fully saturated rings. The second-order valence-corrected chi connectivity index (χ2v) is 9.13. The van der Waals surface area contributed by atoms with Gasteiger partial charge in [-0.1, -0.05) is 42.8 Å². The van der Waals surface area contributed by atoms with E-state index in [0.717, 1.165) is 29.6 Å². The van der Waals surface area contributed by atoms with Crippen molar-refractivity contribution in [1.29, 1.82) is 0 Å². The lowest BCUT2D eigenvalue weighted by Crippen LogP contribution is -2.32. The van der Waals surface area contributed by atoms with Gasteiger partial charge in [-0.15, -0.1) is 12.4 Å². The molecule has 1 saturated heterocycles. The molecule has 0 saturated carbocycles. The van der Waals surface area contributed by atoms with Gasteiger partial charge in [-0.2, -0.15) is 0 Å². The third-order valence-electron chi connectivity index (χ3n) is 5.47. The van der Waals surface area contributed by atoms with E-state index in [4.69, 9.17) is 0 Å². The molecule has 28 heavy (non-hydrogen) atoms. The van der Waals surface area contributed by atoms with Crippen molar-refractivity contribution in [1.82, 2.24) is 9.88 Å². The molecule has 0 amide bonds. The standard InChI is InChI=1S/C22H24N2O2S.ClH/c1-17(24-13-6-3-7-14-24)21-12-8-9-18-15-20(16-23-22(18)21)27(25,26)19-10-4-2-5-11-19;/h2,4-5,8-12,15-17H,3,6-7,13-14H2,1H3;1H. The summed E-state index contributed by atoms with van der Waals surface area (Å²) >= 11 is 0. The zero-order valence-corrected chi connectivity index (χ0v) is 17.5. The number of pyridine rings is 1. The summed E-state index contributed by atoms with van der Waals surface area (Å²) in [6.07, 6.45) is 5.28. The summed E-state index contributed by atoms with van der Waals surface area (Å²) in [7, 11) is -3.56. The molecule has 1 unspecified atom stereocenters. The van der Waals surface area contributed by atoms with Crippen LogP contribution in [0.4, 0.5) is 0 Å². The van der Waals surface area contributed by atoms with Gasteiger partial charge in [0.1, 0.15) is 0 Å². The molecule has 2 aromatic carbocycles. The number of hydrogen-bond acceptors (Lipinski definition) is 4. The highest BCUT2D eigenvalue weighted by Gasteiger charge is 2.22. The third kappa shape index (κ3) is 3.93. The van der Waals surface area contributed by atoms with Crippen LogP contribution in [0.25, 0.3) is 10.9 Å². The molecule has 148 valence electrons. The van der Waals surface area contributed by atoms with E-state index < -0.39 is 9.84 Å². The Morgan fingerprint density at radius 1 is 0.929 bits per heavy atom. The highest BCUT2D eigenvalue weighted by atomic mass is 35.5. The highest BCUT2D eigenvalue weighted by Crippen LogP contribution is 2.30. The van der Waals surface area contributed by atoms with Crippen molar-refractivity contribution in [2.45, 2.75) is 42.0 Å². The van der Waals surface area contributed by atoms with Crippen molar-refractivity contribution >= 4 is 33.1 Å². The molecule has 1 atom stereocenters. The smallest absolute Gasteiger partial charge is 0.208 e. The SMILES string of the molecule is CC(c1cccc2cc(S(=O)(=O)c3ccccc3)cnc12)N1CCCCC1.Cl. The Labute approximate surface area is 172 Å². The van der Waals surface area contributed by atoms with Gasteiger partial charge in [0.15, 0.2) is 0 Å². The number of hydrogen-bond donors (Lipinski definition) is 0. The number of likely N-dealkylation sites (tertiary alicyclic amines) is 1. The normalized spacial score (nSPS) is 16.5. The number of para-hydroxylation sites is 1. The number of rotatable bonds is 4. The van der Waals surface area contributed by atoms with Crippen molar-refractivity contribution in [3.63, 3.8) is 0 Å². The van der Waals surface area contributed by atoms with Gasteiger partial charge in [-0.3, -0.25) is 9.88 Å². The molecular formula is C22H25ClN2O2S. The topological polar surface area (TPSA) is 50.3 Å². The Kier molecular flexibility index (Phi) is 6.38. The maximum absolute atomic E-state index is 12.9. The Bertz CT molecular complexity index is 1050. The van der Waals surface area contributed by atoms with E-state index in [1.54, 1.807) is 30.3 Å². The van der Waals surface area contributed by atoms with Crippen LogP contribution in [0.1, 0.15) is 37.8 Å². The van der Waals surface area contributed by atoms with Gasteiger partial charge in [0, 0.05) is 17.6 Å². The fourth-order valence-electron chi connectivity index (χ4n) is 3.89. The van der Waals surface area contributed by atoms with E-state index in [0.29, 0.717) is 4.90 Å². The Morgan fingerprint density at radius 3 is 2.36 bits per heavy atom. The maximum Gasteiger partial charge on any atom is 0.208 e. The maximum atomic E-state index is 12.9. The van der Waals surface area contributed by atoms with E-state index in [9.17, 15) is 8.42 Å². The average molecular weight is 417 g/mol. The quantitative estimate of drug-likeness (QED) is 0.598. The molecular weight excluding hydrogens is 392 g/mol. The first-order valence-corrected chi connectivity index (χ1v) is 11.0. The van der Waals surface area contributed by atoms with Crippen LogP contribution in [0.5, 0.6) is 0 Å². The van der Waals surface area contributed by atoms with E-state index in [-0.39, 0.29) is 23.3 Å². The van der Waals surface area contributed by atoms with Gasteiger partial charge in [0.05, 0.1) is 15.3 Å². The first kappa shape index (κ1) is 20.8. The molecule has 0 bridgehead atoms. The number of aromatic nitrogens is 1. The summed E-state index contributed by atoms with van der Waals surface area (Å²) in [5.74, 6) is 0. The molecule has 4 rings (SSSR count). The van der Waals surface area contributed by atoms with Gasteiger partial charge in [0.25, 0.3) is 0 Å². The summed E-state index contributed by atoms with van der Waals surface area (Å²) in [6, 6.07) is 16.6. The molecule has 1 aliphatic heterocycles. The lowest BCUT2D eigenvalue weighted by atomic mass is 10.0.